The maximum Gasteiger partial charge on any atom is 0.325 e. The number of hydrogen-bond donors (Lipinski definition) is 1. The summed E-state index contributed by atoms with van der Waals surface area (Å²) < 4.78 is 0. The van der Waals surface area contributed by atoms with Gasteiger partial charge in [0.15, 0.2) is 0 Å². The van der Waals surface area contributed by atoms with Crippen LogP contribution in [0.3, 0.4) is 0 Å². The second-order valence-corrected chi connectivity index (χ2v) is 8.27. The number of hydrogen-bond acceptors (Lipinski definition) is 4. The van der Waals surface area contributed by atoms with Gasteiger partial charge in [0.25, 0.3) is 5.91 Å². The van der Waals surface area contributed by atoms with Crippen molar-refractivity contribution in [1.82, 2.24) is 15.1 Å². The van der Waals surface area contributed by atoms with Gasteiger partial charge in [0.05, 0.1) is 0 Å². The van der Waals surface area contributed by atoms with E-state index in [4.69, 9.17) is 0 Å². The van der Waals surface area contributed by atoms with Gasteiger partial charge in [0, 0.05) is 31.9 Å². The van der Waals surface area contributed by atoms with E-state index in [1.165, 1.54) is 16.8 Å². The number of nitrogens with zero attached hydrogens (tertiary/aromatic N) is 3. The van der Waals surface area contributed by atoms with Crippen LogP contribution in [-0.2, 0) is 9.59 Å². The van der Waals surface area contributed by atoms with Gasteiger partial charge in [-0.05, 0) is 38.3 Å². The summed E-state index contributed by atoms with van der Waals surface area (Å²) in [5.74, 6) is -0.379. The van der Waals surface area contributed by atoms with Crippen LogP contribution in [-0.4, -0.2) is 65.9 Å². The number of nitrogens with one attached hydrogen (secondary N) is 1. The molecule has 7 nitrogen and oxygen atoms in total. The average Bonchev–Trinajstić information content (AvgIpc) is 3.23. The fourth-order valence-corrected chi connectivity index (χ4v) is 4.73. The number of amides is 4. The number of aryl methyl sites for hydroxylation is 2. The maximum atomic E-state index is 12.7. The second kappa shape index (κ2) is 7.11. The lowest BCUT2D eigenvalue weighted by Gasteiger charge is -2.37. The van der Waals surface area contributed by atoms with Crippen LogP contribution in [0.4, 0.5) is 10.5 Å². The third-order valence-electron chi connectivity index (χ3n) is 6.32. The highest BCUT2D eigenvalue weighted by molar-refractivity contribution is 6.09. The molecule has 3 fully saturated rings. The molecule has 1 aromatic carbocycles. The molecule has 1 spiro atoms. The van der Waals surface area contributed by atoms with Gasteiger partial charge in [-0.3, -0.25) is 14.5 Å². The summed E-state index contributed by atoms with van der Waals surface area (Å²) in [6, 6.07) is 5.99. The van der Waals surface area contributed by atoms with Gasteiger partial charge >= 0.3 is 6.03 Å². The molecule has 28 heavy (non-hydrogen) atoms. The molecule has 150 valence electrons. The third kappa shape index (κ3) is 3.23. The molecule has 0 unspecified atom stereocenters. The van der Waals surface area contributed by atoms with E-state index >= 15 is 0 Å². The smallest absolute Gasteiger partial charge is 0.325 e. The number of benzene rings is 1. The SMILES string of the molecule is Cc1ccc(N2CCN(C(=O)CN3C(=O)NC4(CCCC4)C3=O)CC2)c(C)c1. The van der Waals surface area contributed by atoms with E-state index in [1.807, 2.05) is 0 Å². The molecule has 7 heteroatoms. The van der Waals surface area contributed by atoms with Crippen molar-refractivity contribution in [2.24, 2.45) is 0 Å². The molecular formula is C21H28N4O3. The predicted molar refractivity (Wildman–Crippen MR) is 106 cm³/mol. The van der Waals surface area contributed by atoms with Crippen LogP contribution in [0.5, 0.6) is 0 Å². The van der Waals surface area contributed by atoms with Gasteiger partial charge in [-0.15, -0.1) is 0 Å². The molecule has 1 N–H and O–H groups in total. The van der Waals surface area contributed by atoms with E-state index in [0.29, 0.717) is 25.9 Å². The molecule has 2 saturated heterocycles. The van der Waals surface area contributed by atoms with Crippen molar-refractivity contribution in [1.29, 1.82) is 0 Å². The Morgan fingerprint density at radius 1 is 1.07 bits per heavy atom. The summed E-state index contributed by atoms with van der Waals surface area (Å²) in [6.45, 7) is 6.73. The largest absolute Gasteiger partial charge is 0.368 e. The molecule has 0 radical (unpaired) electrons. The first-order valence-corrected chi connectivity index (χ1v) is 10.1. The van der Waals surface area contributed by atoms with Crippen molar-refractivity contribution < 1.29 is 14.4 Å². The molecule has 2 aliphatic heterocycles. The molecular weight excluding hydrogens is 356 g/mol. The zero-order valence-corrected chi connectivity index (χ0v) is 16.7. The topological polar surface area (TPSA) is 73.0 Å². The highest BCUT2D eigenvalue weighted by atomic mass is 16.2. The van der Waals surface area contributed by atoms with Crippen molar-refractivity contribution in [2.75, 3.05) is 37.6 Å². The summed E-state index contributed by atoms with van der Waals surface area (Å²) in [5, 5.41) is 2.84. The molecule has 1 aromatic rings. The van der Waals surface area contributed by atoms with Gasteiger partial charge in [-0.2, -0.15) is 0 Å². The number of carbonyl (C=O) groups is 3. The molecule has 0 bridgehead atoms. The number of carbonyl (C=O) groups excluding carboxylic acids is 3. The molecule has 0 aromatic heterocycles. The zero-order valence-electron chi connectivity index (χ0n) is 16.7. The minimum absolute atomic E-state index is 0.154. The molecule has 2 heterocycles. The monoisotopic (exact) mass is 384 g/mol. The van der Waals surface area contributed by atoms with Gasteiger partial charge in [0.2, 0.25) is 5.91 Å². The summed E-state index contributed by atoms with van der Waals surface area (Å²) >= 11 is 0. The first kappa shape index (κ1) is 18.8. The van der Waals surface area contributed by atoms with Crippen LogP contribution in [0.25, 0.3) is 0 Å². The molecule has 0 atom stereocenters. The van der Waals surface area contributed by atoms with Crippen LogP contribution in [0.2, 0.25) is 0 Å². The number of imide groups is 1. The normalized spacial score (nSPS) is 21.6. The van der Waals surface area contributed by atoms with Crippen molar-refractivity contribution in [3.05, 3.63) is 29.3 Å². The van der Waals surface area contributed by atoms with Crippen LogP contribution < -0.4 is 10.2 Å². The van der Waals surface area contributed by atoms with Crippen molar-refractivity contribution in [2.45, 2.75) is 45.1 Å². The Morgan fingerprint density at radius 3 is 2.39 bits per heavy atom. The molecule has 1 aliphatic carbocycles. The average molecular weight is 384 g/mol. The van der Waals surface area contributed by atoms with Gasteiger partial charge in [-0.25, -0.2) is 4.79 Å². The van der Waals surface area contributed by atoms with E-state index in [-0.39, 0.29) is 18.4 Å². The first-order valence-electron chi connectivity index (χ1n) is 10.1. The van der Waals surface area contributed by atoms with Crippen LogP contribution >= 0.6 is 0 Å². The Labute approximate surface area is 165 Å². The molecule has 4 rings (SSSR count). The lowest BCUT2D eigenvalue weighted by atomic mass is 9.98. The molecule has 1 saturated carbocycles. The summed E-state index contributed by atoms with van der Waals surface area (Å²) in [7, 11) is 0. The summed E-state index contributed by atoms with van der Waals surface area (Å²) in [5.41, 5.74) is 2.93. The minimum Gasteiger partial charge on any atom is -0.368 e. The van der Waals surface area contributed by atoms with Gasteiger partial charge in [0.1, 0.15) is 12.1 Å². The minimum atomic E-state index is -0.751. The standard InChI is InChI=1S/C21H28N4O3/c1-15-5-6-17(16(2)13-15)23-9-11-24(12-10-23)18(26)14-25-19(27)21(22-20(25)28)7-3-4-8-21/h5-6,13H,3-4,7-12,14H2,1-2H3,(H,22,28). The Bertz CT molecular complexity index is 808. The maximum absolute atomic E-state index is 12.7. The quantitative estimate of drug-likeness (QED) is 0.807. The number of rotatable bonds is 3. The highest BCUT2D eigenvalue weighted by Gasteiger charge is 2.52. The zero-order chi connectivity index (χ0) is 19.9. The van der Waals surface area contributed by atoms with E-state index in [2.05, 4.69) is 42.3 Å². The first-order chi connectivity index (χ1) is 13.4. The van der Waals surface area contributed by atoms with Crippen LogP contribution in [0, 0.1) is 13.8 Å². The van der Waals surface area contributed by atoms with Crippen LogP contribution in [0.15, 0.2) is 18.2 Å². The van der Waals surface area contributed by atoms with Crippen molar-refractivity contribution in [3.63, 3.8) is 0 Å². The number of anilines is 1. The van der Waals surface area contributed by atoms with E-state index in [9.17, 15) is 14.4 Å². The number of piperazine rings is 1. The Hall–Kier alpha value is -2.57. The lowest BCUT2D eigenvalue weighted by molar-refractivity contribution is -0.139. The van der Waals surface area contributed by atoms with Crippen LogP contribution in [0.1, 0.15) is 36.8 Å². The van der Waals surface area contributed by atoms with E-state index in [0.717, 1.165) is 30.8 Å². The van der Waals surface area contributed by atoms with E-state index in [1.54, 1.807) is 4.90 Å². The highest BCUT2D eigenvalue weighted by Crippen LogP contribution is 2.35. The predicted octanol–water partition coefficient (Wildman–Crippen LogP) is 1.82. The summed E-state index contributed by atoms with van der Waals surface area (Å²) in [4.78, 5) is 42.9. The second-order valence-electron chi connectivity index (χ2n) is 8.27. The molecule has 3 aliphatic rings. The fraction of sp³-hybridized carbons (Fsp3) is 0.571. The van der Waals surface area contributed by atoms with Crippen molar-refractivity contribution in [3.8, 4) is 0 Å². The lowest BCUT2D eigenvalue weighted by Crippen LogP contribution is -2.52. The third-order valence-corrected chi connectivity index (χ3v) is 6.32. The Morgan fingerprint density at radius 2 is 1.75 bits per heavy atom. The Kier molecular flexibility index (Phi) is 4.77. The summed E-state index contributed by atoms with van der Waals surface area (Å²) in [6.07, 6.45) is 3.23. The van der Waals surface area contributed by atoms with Crippen molar-refractivity contribution >= 4 is 23.5 Å². The fourth-order valence-electron chi connectivity index (χ4n) is 4.73. The Balaban J connectivity index is 1.35. The molecule has 4 amide bonds. The number of urea groups is 1. The van der Waals surface area contributed by atoms with Gasteiger partial charge in [-0.1, -0.05) is 30.5 Å². The van der Waals surface area contributed by atoms with E-state index < -0.39 is 11.6 Å². The van der Waals surface area contributed by atoms with Gasteiger partial charge < -0.3 is 15.1 Å².